The monoisotopic (exact) mass is 568 g/mol. The lowest BCUT2D eigenvalue weighted by molar-refractivity contribution is 0.535. The first-order valence-electron chi connectivity index (χ1n) is 13.2. The van der Waals surface area contributed by atoms with E-state index in [1.165, 1.54) is 38.9 Å². The van der Waals surface area contributed by atoms with Crippen LogP contribution in [0.25, 0.3) is 16.9 Å². The quantitative estimate of drug-likeness (QED) is 0.357. The van der Waals surface area contributed by atoms with Gasteiger partial charge in [-0.3, -0.25) is 23.4 Å². The molecule has 1 fully saturated rings. The summed E-state index contributed by atoms with van der Waals surface area (Å²) in [5, 5.41) is 3.11. The Hall–Kier alpha value is -3.84. The molecule has 2 aliphatic rings. The standard InChI is InChI=1S/C25H27FN8O3S.C2H6/c1-12-6-9-16(15(26)10-12)27-21-18-19(13(2)22(35)32(21)5)34(25(37)33(23(18)36)14-7-8-14)24-28-20-17(31(24)4)11-30(3)38-29-20;1-2/h6,9-10,14,27,29H,7-8,11H2,1-5H3;1-2H3. The minimum atomic E-state index is -0.555. The normalized spacial score (nSPS) is 14.9. The van der Waals surface area contributed by atoms with Gasteiger partial charge >= 0.3 is 5.69 Å². The molecule has 0 amide bonds. The lowest BCUT2D eigenvalue weighted by atomic mass is 10.1. The number of fused-ring (bicyclic) bond motifs is 2. The number of hydrogen-bond donors (Lipinski definition) is 2. The highest BCUT2D eigenvalue weighted by molar-refractivity contribution is 7.98. The fourth-order valence-electron chi connectivity index (χ4n) is 5.00. The lowest BCUT2D eigenvalue weighted by Crippen LogP contribution is -2.42. The summed E-state index contributed by atoms with van der Waals surface area (Å²) < 4.78 is 25.7. The smallest absolute Gasteiger partial charge is 0.338 e. The molecule has 4 aromatic rings. The van der Waals surface area contributed by atoms with Gasteiger partial charge in [0.05, 0.1) is 23.4 Å². The number of nitrogens with zero attached hydrogens (tertiary/aromatic N) is 6. The molecule has 0 spiro atoms. The van der Waals surface area contributed by atoms with Crippen molar-refractivity contribution in [2.24, 2.45) is 14.1 Å². The van der Waals surface area contributed by atoms with E-state index >= 15 is 0 Å². The average Bonchev–Trinajstić information content (AvgIpc) is 3.71. The number of imidazole rings is 1. The molecule has 0 unspecified atom stereocenters. The van der Waals surface area contributed by atoms with Gasteiger partial charge in [0.25, 0.3) is 11.1 Å². The van der Waals surface area contributed by atoms with E-state index in [-0.39, 0.29) is 40.0 Å². The van der Waals surface area contributed by atoms with Crippen LogP contribution in [0.2, 0.25) is 0 Å². The summed E-state index contributed by atoms with van der Waals surface area (Å²) in [6.07, 6.45) is 1.39. The van der Waals surface area contributed by atoms with E-state index in [2.05, 4.69) is 10.0 Å². The van der Waals surface area contributed by atoms with Crippen LogP contribution >= 0.6 is 12.1 Å². The van der Waals surface area contributed by atoms with Crippen LogP contribution < -0.4 is 26.8 Å². The van der Waals surface area contributed by atoms with Crippen LogP contribution in [0.1, 0.15) is 49.6 Å². The summed E-state index contributed by atoms with van der Waals surface area (Å²) in [6, 6.07) is 4.42. The Morgan fingerprint density at radius 3 is 2.40 bits per heavy atom. The van der Waals surface area contributed by atoms with Gasteiger partial charge in [0, 0.05) is 37.8 Å². The van der Waals surface area contributed by atoms with Gasteiger partial charge in [0.15, 0.2) is 5.82 Å². The van der Waals surface area contributed by atoms with E-state index < -0.39 is 22.6 Å². The second kappa shape index (κ2) is 10.3. The fourth-order valence-corrected chi connectivity index (χ4v) is 5.59. The van der Waals surface area contributed by atoms with Gasteiger partial charge in [-0.1, -0.05) is 19.9 Å². The summed E-state index contributed by atoms with van der Waals surface area (Å²) >= 11 is 1.39. The first kappa shape index (κ1) is 27.7. The molecule has 4 heterocycles. The van der Waals surface area contributed by atoms with Crippen LogP contribution in [0.5, 0.6) is 0 Å². The maximum atomic E-state index is 14.9. The molecule has 1 aliphatic carbocycles. The highest BCUT2D eigenvalue weighted by atomic mass is 32.2. The van der Waals surface area contributed by atoms with E-state index in [1.54, 1.807) is 37.6 Å². The van der Waals surface area contributed by atoms with Gasteiger partial charge in [0.1, 0.15) is 17.0 Å². The third-order valence-electron chi connectivity index (χ3n) is 7.19. The van der Waals surface area contributed by atoms with Crippen LogP contribution in [0, 0.1) is 19.7 Å². The van der Waals surface area contributed by atoms with Crippen LogP contribution in [-0.2, 0) is 20.6 Å². The molecule has 40 heavy (non-hydrogen) atoms. The number of nitrogens with one attached hydrogen (secondary N) is 2. The molecule has 3 aromatic heterocycles. The van der Waals surface area contributed by atoms with E-state index in [1.807, 2.05) is 25.2 Å². The molecule has 0 radical (unpaired) electrons. The molecule has 6 rings (SSSR count). The fraction of sp³-hybridized carbons (Fsp3) is 0.407. The predicted molar refractivity (Wildman–Crippen MR) is 157 cm³/mol. The Bertz CT molecular complexity index is 1830. The zero-order chi connectivity index (χ0) is 29.0. The first-order chi connectivity index (χ1) is 19.1. The maximum absolute atomic E-state index is 14.9. The second-order valence-corrected chi connectivity index (χ2v) is 10.9. The van der Waals surface area contributed by atoms with E-state index in [9.17, 15) is 18.8 Å². The molecule has 11 nitrogen and oxygen atoms in total. The number of hydrogen-bond acceptors (Lipinski definition) is 8. The van der Waals surface area contributed by atoms with E-state index in [0.29, 0.717) is 25.2 Å². The molecular formula is C27H33FN8O3S. The number of benzene rings is 1. The number of aryl methyl sites for hydroxylation is 2. The molecule has 1 aromatic carbocycles. The molecule has 13 heteroatoms. The van der Waals surface area contributed by atoms with Gasteiger partial charge in [0.2, 0.25) is 5.95 Å². The Morgan fingerprint density at radius 1 is 1.05 bits per heavy atom. The van der Waals surface area contributed by atoms with Crippen LogP contribution in [0.15, 0.2) is 32.6 Å². The molecule has 212 valence electrons. The Morgan fingerprint density at radius 2 is 1.75 bits per heavy atom. The van der Waals surface area contributed by atoms with Crippen molar-refractivity contribution in [2.45, 2.75) is 53.1 Å². The third-order valence-corrected chi connectivity index (χ3v) is 7.92. The largest absolute Gasteiger partial charge is 0.338 e. The van der Waals surface area contributed by atoms with Crippen molar-refractivity contribution in [1.29, 1.82) is 0 Å². The molecule has 0 saturated heterocycles. The predicted octanol–water partition coefficient (Wildman–Crippen LogP) is 3.87. The zero-order valence-corrected chi connectivity index (χ0v) is 24.4. The summed E-state index contributed by atoms with van der Waals surface area (Å²) in [7, 11) is 5.25. The maximum Gasteiger partial charge on any atom is 0.338 e. The van der Waals surface area contributed by atoms with Gasteiger partial charge < -0.3 is 9.88 Å². The SMILES string of the molecule is CC.Cc1ccc(Nc2c3c(=O)n(C4CC4)c(=O)n(-c4nc5c(n4C)CN(C)SN5)c3c(C)c(=O)n2C)c(F)c1. The zero-order valence-electron chi connectivity index (χ0n) is 23.6. The lowest BCUT2D eigenvalue weighted by Gasteiger charge is -2.22. The summed E-state index contributed by atoms with van der Waals surface area (Å²) in [6.45, 7) is 7.93. The van der Waals surface area contributed by atoms with Crippen molar-refractivity contribution < 1.29 is 4.39 Å². The molecule has 0 bridgehead atoms. The highest BCUT2D eigenvalue weighted by Crippen LogP contribution is 2.35. The second-order valence-electron chi connectivity index (χ2n) is 9.94. The van der Waals surface area contributed by atoms with Crippen LogP contribution in [-0.4, -0.2) is 34.6 Å². The van der Waals surface area contributed by atoms with Crippen molar-refractivity contribution in [3.8, 4) is 5.95 Å². The van der Waals surface area contributed by atoms with Gasteiger partial charge in [-0.2, -0.15) is 4.98 Å². The first-order valence-corrected chi connectivity index (χ1v) is 14.0. The molecule has 1 saturated carbocycles. The average molecular weight is 569 g/mol. The Kier molecular flexibility index (Phi) is 7.13. The van der Waals surface area contributed by atoms with Crippen molar-refractivity contribution >= 4 is 40.4 Å². The number of aromatic nitrogens is 5. The van der Waals surface area contributed by atoms with E-state index in [0.717, 1.165) is 11.3 Å². The molecule has 0 atom stereocenters. The van der Waals surface area contributed by atoms with Crippen molar-refractivity contribution in [2.75, 3.05) is 17.1 Å². The van der Waals surface area contributed by atoms with Crippen LogP contribution in [0.3, 0.4) is 0 Å². The third kappa shape index (κ3) is 4.33. The Labute approximate surface area is 234 Å². The molecule has 1 aliphatic heterocycles. The van der Waals surface area contributed by atoms with Crippen molar-refractivity contribution in [1.82, 2.24) is 27.6 Å². The molecule has 2 N–H and O–H groups in total. The topological polar surface area (TPSA) is 111 Å². The highest BCUT2D eigenvalue weighted by Gasteiger charge is 2.33. The minimum absolute atomic E-state index is 0.110. The minimum Gasteiger partial charge on any atom is -0.338 e. The van der Waals surface area contributed by atoms with Crippen molar-refractivity contribution in [3.63, 3.8) is 0 Å². The van der Waals surface area contributed by atoms with Gasteiger partial charge in [-0.15, -0.1) is 0 Å². The Balaban J connectivity index is 0.00000158. The summed E-state index contributed by atoms with van der Waals surface area (Å²) in [4.78, 5) is 46.1. The van der Waals surface area contributed by atoms with Crippen molar-refractivity contribution in [3.05, 3.63) is 72.0 Å². The number of pyridine rings is 1. The van der Waals surface area contributed by atoms with Crippen LogP contribution in [0.4, 0.5) is 21.7 Å². The number of rotatable bonds is 4. The summed E-state index contributed by atoms with van der Waals surface area (Å²) in [5.74, 6) is 0.480. The van der Waals surface area contributed by atoms with E-state index in [4.69, 9.17) is 4.98 Å². The van der Waals surface area contributed by atoms with Gasteiger partial charge in [-0.25, -0.2) is 18.1 Å². The molecular weight excluding hydrogens is 535 g/mol. The number of halogens is 1. The summed E-state index contributed by atoms with van der Waals surface area (Å²) in [5.41, 5.74) is 0.574. The van der Waals surface area contributed by atoms with Gasteiger partial charge in [-0.05, 0) is 51.4 Å². The number of anilines is 3.